The van der Waals surface area contributed by atoms with E-state index in [1.54, 1.807) is 0 Å². The van der Waals surface area contributed by atoms with Crippen LogP contribution in [0.4, 0.5) is 0 Å². The van der Waals surface area contributed by atoms with Crippen LogP contribution in [0.25, 0.3) is 16.6 Å². The Morgan fingerprint density at radius 2 is 1.54 bits per heavy atom. The van der Waals surface area contributed by atoms with E-state index in [1.807, 2.05) is 22.7 Å². The Morgan fingerprint density at radius 3 is 2.23 bits per heavy atom. The largest absolute Gasteiger partial charge is 0.314 e. The molecule has 2 heterocycles. The molecule has 0 radical (unpaired) electrons. The molecule has 2 heteroatoms. The molecule has 4 aromatic rings. The number of aldehydes is 1. The molecule has 0 aliphatic rings. The maximum absolute atomic E-state index is 11.7. The van der Waals surface area contributed by atoms with Crippen LogP contribution in [0.1, 0.15) is 27.2 Å². The number of hydrogen-bond acceptors (Lipinski definition) is 1. The minimum Gasteiger partial charge on any atom is -0.314 e. The molecule has 26 heavy (non-hydrogen) atoms. The van der Waals surface area contributed by atoms with E-state index in [9.17, 15) is 4.79 Å². The van der Waals surface area contributed by atoms with Gasteiger partial charge in [0.05, 0.1) is 5.69 Å². The van der Waals surface area contributed by atoms with Crippen molar-refractivity contribution in [1.29, 1.82) is 0 Å². The van der Waals surface area contributed by atoms with Gasteiger partial charge in [-0.25, -0.2) is 0 Å². The Hall–Kier alpha value is -3.13. The van der Waals surface area contributed by atoms with Crippen LogP contribution in [-0.2, 0) is 12.8 Å². The van der Waals surface area contributed by atoms with Crippen molar-refractivity contribution in [3.05, 3.63) is 101 Å². The summed E-state index contributed by atoms with van der Waals surface area (Å²) in [4.78, 5) is 11.7. The van der Waals surface area contributed by atoms with Crippen molar-refractivity contribution in [2.45, 2.75) is 19.8 Å². The SMILES string of the molecule is Cc1ccn2c(C=O)c(-c3ccc(CCc4ccccc4)cc3)cc2c1. The van der Waals surface area contributed by atoms with Crippen molar-refractivity contribution in [3.8, 4) is 11.1 Å². The maximum Gasteiger partial charge on any atom is 0.167 e. The van der Waals surface area contributed by atoms with Crippen LogP contribution >= 0.6 is 0 Å². The molecule has 2 aromatic heterocycles. The normalized spacial score (nSPS) is 11.0. The fraction of sp³-hybridized carbons (Fsp3) is 0.125. The zero-order valence-corrected chi connectivity index (χ0v) is 14.9. The van der Waals surface area contributed by atoms with Gasteiger partial charge in [0.2, 0.25) is 0 Å². The molecule has 128 valence electrons. The van der Waals surface area contributed by atoms with Crippen molar-refractivity contribution in [3.63, 3.8) is 0 Å². The summed E-state index contributed by atoms with van der Waals surface area (Å²) in [7, 11) is 0. The van der Waals surface area contributed by atoms with Crippen molar-refractivity contribution >= 4 is 11.8 Å². The van der Waals surface area contributed by atoms with Gasteiger partial charge < -0.3 is 4.40 Å². The van der Waals surface area contributed by atoms with Crippen molar-refractivity contribution in [2.75, 3.05) is 0 Å². The highest BCUT2D eigenvalue weighted by Crippen LogP contribution is 2.27. The van der Waals surface area contributed by atoms with Gasteiger partial charge >= 0.3 is 0 Å². The lowest BCUT2D eigenvalue weighted by molar-refractivity contribution is 0.111. The second kappa shape index (κ2) is 7.01. The average molecular weight is 339 g/mol. The summed E-state index contributed by atoms with van der Waals surface area (Å²) < 4.78 is 1.96. The van der Waals surface area contributed by atoms with E-state index in [0.717, 1.165) is 35.8 Å². The molecule has 0 atom stereocenters. The lowest BCUT2D eigenvalue weighted by Crippen LogP contribution is -1.93. The van der Waals surface area contributed by atoms with E-state index < -0.39 is 0 Å². The molecule has 2 nitrogen and oxygen atoms in total. The molecule has 0 amide bonds. The molecule has 0 fully saturated rings. The molecule has 0 aliphatic heterocycles. The van der Waals surface area contributed by atoms with E-state index in [2.05, 4.69) is 67.6 Å². The number of carbonyl (C=O) groups is 1. The zero-order valence-electron chi connectivity index (χ0n) is 14.9. The second-order valence-electron chi connectivity index (χ2n) is 6.74. The number of hydrogen-bond donors (Lipinski definition) is 0. The highest BCUT2D eigenvalue weighted by molar-refractivity contribution is 5.89. The number of pyridine rings is 1. The average Bonchev–Trinajstić information content (AvgIpc) is 3.05. The summed E-state index contributed by atoms with van der Waals surface area (Å²) in [5.41, 5.74) is 7.68. The van der Waals surface area contributed by atoms with Gasteiger partial charge in [0.25, 0.3) is 0 Å². The standard InChI is InChI=1S/C24H21NO/c1-18-13-14-25-22(15-18)16-23(24(25)17-26)21-11-9-20(10-12-21)8-7-19-5-3-2-4-6-19/h2-6,9-17H,7-8H2,1H3. The van der Waals surface area contributed by atoms with Crippen LogP contribution in [0.3, 0.4) is 0 Å². The van der Waals surface area contributed by atoms with Gasteiger partial charge in [-0.2, -0.15) is 0 Å². The third-order valence-electron chi connectivity index (χ3n) is 4.89. The van der Waals surface area contributed by atoms with Gasteiger partial charge in [0, 0.05) is 17.3 Å². The van der Waals surface area contributed by atoms with Crippen LogP contribution in [-0.4, -0.2) is 10.7 Å². The van der Waals surface area contributed by atoms with Gasteiger partial charge in [0.1, 0.15) is 0 Å². The summed E-state index contributed by atoms with van der Waals surface area (Å²) in [6.45, 7) is 2.06. The van der Waals surface area contributed by atoms with Gasteiger partial charge in [-0.3, -0.25) is 4.79 Å². The fourth-order valence-electron chi connectivity index (χ4n) is 3.45. The third kappa shape index (κ3) is 3.18. The minimum atomic E-state index is 0.706. The summed E-state index contributed by atoms with van der Waals surface area (Å²) >= 11 is 0. The molecular weight excluding hydrogens is 318 g/mol. The zero-order chi connectivity index (χ0) is 17.9. The molecule has 0 saturated carbocycles. The predicted octanol–water partition coefficient (Wildman–Crippen LogP) is 5.51. The topological polar surface area (TPSA) is 21.5 Å². The smallest absolute Gasteiger partial charge is 0.167 e. The first kappa shape index (κ1) is 16.3. The van der Waals surface area contributed by atoms with Crippen LogP contribution in [0.5, 0.6) is 0 Å². The number of aromatic nitrogens is 1. The number of aryl methyl sites for hydroxylation is 3. The number of rotatable bonds is 5. The van der Waals surface area contributed by atoms with E-state index in [0.29, 0.717) is 5.69 Å². The summed E-state index contributed by atoms with van der Waals surface area (Å²) in [6, 6.07) is 25.3. The lowest BCUT2D eigenvalue weighted by atomic mass is 10.0. The van der Waals surface area contributed by atoms with E-state index in [-0.39, 0.29) is 0 Å². The van der Waals surface area contributed by atoms with Crippen molar-refractivity contribution < 1.29 is 4.79 Å². The molecule has 0 unspecified atom stereocenters. The van der Waals surface area contributed by atoms with Gasteiger partial charge in [-0.05, 0) is 60.2 Å². The number of nitrogens with zero attached hydrogens (tertiary/aromatic N) is 1. The van der Waals surface area contributed by atoms with Gasteiger partial charge in [-0.15, -0.1) is 0 Å². The van der Waals surface area contributed by atoms with E-state index in [4.69, 9.17) is 0 Å². The highest BCUT2D eigenvalue weighted by Gasteiger charge is 2.11. The first-order valence-electron chi connectivity index (χ1n) is 8.95. The molecule has 0 aliphatic carbocycles. The Bertz CT molecular complexity index is 1040. The fourth-order valence-corrected chi connectivity index (χ4v) is 3.45. The molecule has 0 saturated heterocycles. The predicted molar refractivity (Wildman–Crippen MR) is 107 cm³/mol. The summed E-state index contributed by atoms with van der Waals surface area (Å²) in [6.07, 6.45) is 4.96. The quantitative estimate of drug-likeness (QED) is 0.439. The van der Waals surface area contributed by atoms with E-state index >= 15 is 0 Å². The van der Waals surface area contributed by atoms with Crippen LogP contribution in [0, 0.1) is 6.92 Å². The number of carbonyl (C=O) groups excluding carboxylic acids is 1. The first-order valence-corrected chi connectivity index (χ1v) is 8.95. The summed E-state index contributed by atoms with van der Waals surface area (Å²) in [5, 5.41) is 0. The third-order valence-corrected chi connectivity index (χ3v) is 4.89. The maximum atomic E-state index is 11.7. The van der Waals surface area contributed by atoms with Crippen molar-refractivity contribution in [2.24, 2.45) is 0 Å². The molecule has 0 spiro atoms. The summed E-state index contributed by atoms with van der Waals surface area (Å²) in [5.74, 6) is 0. The van der Waals surface area contributed by atoms with E-state index in [1.165, 1.54) is 16.7 Å². The first-order chi connectivity index (χ1) is 12.7. The molecule has 2 aromatic carbocycles. The Morgan fingerprint density at radius 1 is 0.846 bits per heavy atom. The lowest BCUT2D eigenvalue weighted by Gasteiger charge is -2.05. The van der Waals surface area contributed by atoms with Gasteiger partial charge in [0.15, 0.2) is 6.29 Å². The van der Waals surface area contributed by atoms with Crippen LogP contribution < -0.4 is 0 Å². The Kier molecular flexibility index (Phi) is 4.40. The molecule has 4 rings (SSSR count). The minimum absolute atomic E-state index is 0.706. The number of benzene rings is 2. The second-order valence-corrected chi connectivity index (χ2v) is 6.74. The monoisotopic (exact) mass is 339 g/mol. The van der Waals surface area contributed by atoms with Crippen LogP contribution in [0.15, 0.2) is 79.0 Å². The molecule has 0 N–H and O–H groups in total. The molecular formula is C24H21NO. The van der Waals surface area contributed by atoms with Gasteiger partial charge in [-0.1, -0.05) is 54.6 Å². The highest BCUT2D eigenvalue weighted by atomic mass is 16.1. The van der Waals surface area contributed by atoms with Crippen molar-refractivity contribution in [1.82, 2.24) is 4.40 Å². The Balaban J connectivity index is 1.60. The Labute approximate surface area is 153 Å². The molecule has 0 bridgehead atoms. The number of fused-ring (bicyclic) bond motifs is 1. The van der Waals surface area contributed by atoms with Crippen LogP contribution in [0.2, 0.25) is 0 Å².